The number of hydrogen-bond donors (Lipinski definition) is 1. The average Bonchev–Trinajstić information content (AvgIpc) is 3.10. The number of hydrogen-bond acceptors (Lipinski definition) is 3. The fourth-order valence-electron chi connectivity index (χ4n) is 4.29. The maximum Gasteiger partial charge on any atom is 0.289 e. The summed E-state index contributed by atoms with van der Waals surface area (Å²) < 4.78 is 1.99. The molecular formula is C23H30N4O2. The zero-order valence-electron chi connectivity index (χ0n) is 17.6. The zero-order valence-corrected chi connectivity index (χ0v) is 17.6. The third-order valence-corrected chi connectivity index (χ3v) is 6.24. The number of nitrogens with one attached hydrogen (secondary N) is 1. The second-order valence-corrected chi connectivity index (χ2v) is 8.59. The van der Waals surface area contributed by atoms with Crippen LogP contribution in [-0.2, 0) is 13.0 Å². The fraction of sp³-hybridized carbons (Fsp3) is 0.522. The first-order chi connectivity index (χ1) is 13.9. The van der Waals surface area contributed by atoms with Crippen LogP contribution in [0.15, 0.2) is 18.2 Å². The van der Waals surface area contributed by atoms with Crippen molar-refractivity contribution >= 4 is 17.5 Å². The van der Waals surface area contributed by atoms with Crippen LogP contribution in [0.25, 0.3) is 0 Å². The lowest BCUT2D eigenvalue weighted by molar-refractivity contribution is 0.0678. The number of likely N-dealkylation sites (tertiary alicyclic amines) is 1. The van der Waals surface area contributed by atoms with Crippen LogP contribution in [0, 0.1) is 19.8 Å². The number of carbonyl (C=O) groups excluding carboxylic acids is 2. The summed E-state index contributed by atoms with van der Waals surface area (Å²) in [6.45, 7) is 8.51. The molecule has 3 heterocycles. The average molecular weight is 395 g/mol. The summed E-state index contributed by atoms with van der Waals surface area (Å²) in [7, 11) is 0. The third kappa shape index (κ3) is 3.93. The summed E-state index contributed by atoms with van der Waals surface area (Å²) >= 11 is 0. The summed E-state index contributed by atoms with van der Waals surface area (Å²) in [6, 6.07) is 6.00. The lowest BCUT2D eigenvalue weighted by Gasteiger charge is -2.30. The molecule has 0 atom stereocenters. The molecule has 1 aromatic carbocycles. The van der Waals surface area contributed by atoms with E-state index in [-0.39, 0.29) is 11.8 Å². The molecule has 1 fully saturated rings. The molecule has 0 aliphatic carbocycles. The van der Waals surface area contributed by atoms with Crippen LogP contribution in [0.4, 0.5) is 5.69 Å². The number of aromatic nitrogens is 2. The van der Waals surface area contributed by atoms with Gasteiger partial charge in [0.25, 0.3) is 11.8 Å². The Morgan fingerprint density at radius 1 is 1.10 bits per heavy atom. The predicted molar refractivity (Wildman–Crippen MR) is 113 cm³/mol. The molecule has 2 aromatic rings. The van der Waals surface area contributed by atoms with Crippen molar-refractivity contribution in [2.45, 2.75) is 59.4 Å². The van der Waals surface area contributed by atoms with E-state index >= 15 is 0 Å². The highest BCUT2D eigenvalue weighted by Crippen LogP contribution is 2.25. The van der Waals surface area contributed by atoms with Crippen LogP contribution in [0.2, 0.25) is 0 Å². The van der Waals surface area contributed by atoms with Gasteiger partial charge in [-0.2, -0.15) is 0 Å². The zero-order chi connectivity index (χ0) is 20.5. The van der Waals surface area contributed by atoms with Crippen molar-refractivity contribution in [1.82, 2.24) is 14.5 Å². The minimum atomic E-state index is -0.226. The van der Waals surface area contributed by atoms with E-state index in [1.807, 2.05) is 41.5 Å². The van der Waals surface area contributed by atoms with Crippen LogP contribution in [0.3, 0.4) is 0 Å². The number of anilines is 1. The van der Waals surface area contributed by atoms with Gasteiger partial charge in [0.1, 0.15) is 0 Å². The number of imidazole rings is 1. The van der Waals surface area contributed by atoms with Crippen LogP contribution in [0.5, 0.6) is 0 Å². The van der Waals surface area contributed by atoms with E-state index in [1.165, 1.54) is 0 Å². The molecule has 0 unspecified atom stereocenters. The molecular weight excluding hydrogens is 364 g/mol. The fourth-order valence-corrected chi connectivity index (χ4v) is 4.29. The second-order valence-electron chi connectivity index (χ2n) is 8.59. The Balaban J connectivity index is 1.63. The number of rotatable bonds is 3. The molecule has 1 aromatic heterocycles. The van der Waals surface area contributed by atoms with Crippen molar-refractivity contribution in [3.63, 3.8) is 0 Å². The van der Waals surface area contributed by atoms with Gasteiger partial charge in [0.15, 0.2) is 11.5 Å². The quantitative estimate of drug-likeness (QED) is 0.857. The van der Waals surface area contributed by atoms with Gasteiger partial charge in [-0.25, -0.2) is 4.98 Å². The Hall–Kier alpha value is -2.63. The molecule has 6 heteroatoms. The van der Waals surface area contributed by atoms with Gasteiger partial charge in [0.2, 0.25) is 0 Å². The highest BCUT2D eigenvalue weighted by atomic mass is 16.2. The van der Waals surface area contributed by atoms with Crippen LogP contribution in [-0.4, -0.2) is 39.4 Å². The number of nitrogens with zero attached hydrogens (tertiary/aromatic N) is 3. The van der Waals surface area contributed by atoms with Gasteiger partial charge >= 0.3 is 0 Å². The second kappa shape index (κ2) is 8.01. The van der Waals surface area contributed by atoms with Gasteiger partial charge < -0.3 is 14.8 Å². The minimum absolute atomic E-state index is 0.0363. The van der Waals surface area contributed by atoms with E-state index < -0.39 is 0 Å². The van der Waals surface area contributed by atoms with Gasteiger partial charge in [0.05, 0.1) is 5.69 Å². The van der Waals surface area contributed by atoms with E-state index in [4.69, 9.17) is 0 Å². The first-order valence-corrected chi connectivity index (χ1v) is 10.7. The monoisotopic (exact) mass is 394 g/mol. The van der Waals surface area contributed by atoms with E-state index in [0.717, 1.165) is 74.2 Å². The maximum atomic E-state index is 13.2. The Labute approximate surface area is 172 Å². The van der Waals surface area contributed by atoms with Crippen molar-refractivity contribution in [2.24, 2.45) is 5.92 Å². The largest absolute Gasteiger partial charge is 0.336 e. The molecule has 0 spiro atoms. The number of amides is 2. The lowest BCUT2D eigenvalue weighted by Crippen LogP contribution is -2.39. The van der Waals surface area contributed by atoms with Gasteiger partial charge in [-0.05, 0) is 69.1 Å². The lowest BCUT2D eigenvalue weighted by atomic mass is 9.99. The molecule has 0 radical (unpaired) electrons. The molecule has 6 nitrogen and oxygen atoms in total. The molecule has 0 bridgehead atoms. The molecule has 4 rings (SSSR count). The molecule has 2 amide bonds. The number of fused-ring (bicyclic) bond motifs is 1. The Kier molecular flexibility index (Phi) is 5.43. The minimum Gasteiger partial charge on any atom is -0.336 e. The number of carbonyl (C=O) groups is 2. The summed E-state index contributed by atoms with van der Waals surface area (Å²) in [5, 5.41) is 3.02. The van der Waals surface area contributed by atoms with Crippen molar-refractivity contribution in [2.75, 3.05) is 18.4 Å². The van der Waals surface area contributed by atoms with Crippen molar-refractivity contribution < 1.29 is 9.59 Å². The first kappa shape index (κ1) is 19.7. The van der Waals surface area contributed by atoms with Gasteiger partial charge in [-0.15, -0.1) is 0 Å². The molecule has 1 saturated heterocycles. The highest BCUT2D eigenvalue weighted by Gasteiger charge is 2.31. The summed E-state index contributed by atoms with van der Waals surface area (Å²) in [5.41, 5.74) is 4.20. The van der Waals surface area contributed by atoms with Crippen molar-refractivity contribution in [3.05, 3.63) is 46.5 Å². The number of piperidine rings is 1. The SMILES string of the molecule is Cc1ccc(C)c(NC(=O)c2nc(C(=O)N3CCC(C)CC3)n3c2CCCC3)c1. The molecule has 2 aliphatic heterocycles. The predicted octanol–water partition coefficient (Wildman–Crippen LogP) is 3.96. The number of aryl methyl sites for hydroxylation is 2. The maximum absolute atomic E-state index is 13.2. The summed E-state index contributed by atoms with van der Waals surface area (Å²) in [5.74, 6) is 0.828. The Morgan fingerprint density at radius 2 is 1.86 bits per heavy atom. The molecule has 1 N–H and O–H groups in total. The van der Waals surface area contributed by atoms with E-state index in [0.29, 0.717) is 17.4 Å². The van der Waals surface area contributed by atoms with Crippen LogP contribution >= 0.6 is 0 Å². The third-order valence-electron chi connectivity index (χ3n) is 6.24. The highest BCUT2D eigenvalue weighted by molar-refractivity contribution is 6.05. The normalized spacial score (nSPS) is 17.1. The summed E-state index contributed by atoms with van der Waals surface area (Å²) in [4.78, 5) is 32.8. The van der Waals surface area contributed by atoms with Crippen LogP contribution in [0.1, 0.15) is 70.5 Å². The van der Waals surface area contributed by atoms with Gasteiger partial charge in [-0.1, -0.05) is 19.1 Å². The van der Waals surface area contributed by atoms with Gasteiger partial charge in [0, 0.05) is 25.3 Å². The van der Waals surface area contributed by atoms with E-state index in [1.54, 1.807) is 0 Å². The Bertz CT molecular complexity index is 939. The Morgan fingerprint density at radius 3 is 2.62 bits per heavy atom. The first-order valence-electron chi connectivity index (χ1n) is 10.7. The molecule has 29 heavy (non-hydrogen) atoms. The molecule has 0 saturated carbocycles. The van der Waals surface area contributed by atoms with Crippen LogP contribution < -0.4 is 5.32 Å². The van der Waals surface area contributed by atoms with Crippen molar-refractivity contribution in [1.29, 1.82) is 0 Å². The molecule has 154 valence electrons. The number of benzene rings is 1. The smallest absolute Gasteiger partial charge is 0.289 e. The standard InChI is InChI=1S/C23H30N4O2/c1-15-9-12-26(13-10-15)23(29)21-25-20(19-6-4-5-11-27(19)21)22(28)24-18-14-16(2)7-8-17(18)3/h7-8,14-15H,4-6,9-13H2,1-3H3,(H,24,28). The van der Waals surface area contributed by atoms with E-state index in [9.17, 15) is 9.59 Å². The topological polar surface area (TPSA) is 67.2 Å². The van der Waals surface area contributed by atoms with Crippen molar-refractivity contribution in [3.8, 4) is 0 Å². The summed E-state index contributed by atoms with van der Waals surface area (Å²) in [6.07, 6.45) is 4.87. The molecule has 2 aliphatic rings. The van der Waals surface area contributed by atoms with E-state index in [2.05, 4.69) is 17.2 Å². The van der Waals surface area contributed by atoms with Gasteiger partial charge in [-0.3, -0.25) is 9.59 Å².